The molecule has 0 aliphatic rings. The zero-order valence-electron chi connectivity index (χ0n) is 14.3. The summed E-state index contributed by atoms with van der Waals surface area (Å²) in [4.78, 5) is 22.2. The van der Waals surface area contributed by atoms with Crippen LogP contribution in [-0.4, -0.2) is 12.5 Å². The number of nitrogens with one attached hydrogen (secondary N) is 1. The summed E-state index contributed by atoms with van der Waals surface area (Å²) in [7, 11) is 0. The lowest BCUT2D eigenvalue weighted by atomic mass is 10.0. The van der Waals surface area contributed by atoms with E-state index in [1.54, 1.807) is 6.07 Å². The molecule has 6 heteroatoms. The minimum absolute atomic E-state index is 0.0589. The highest BCUT2D eigenvalue weighted by molar-refractivity contribution is 5.86. The molecule has 3 aromatic carbocycles. The molecule has 6 nitrogen and oxygen atoms in total. The number of carbonyl (C=O) groups is 1. The Morgan fingerprint density at radius 2 is 1.73 bits per heavy atom. The van der Waals surface area contributed by atoms with Crippen LogP contribution in [0.25, 0.3) is 10.8 Å². The number of hydrogen-bond donors (Lipinski definition) is 2. The molecule has 26 heavy (non-hydrogen) atoms. The van der Waals surface area contributed by atoms with Gasteiger partial charge in [-0.2, -0.15) is 0 Å². The first-order valence-corrected chi connectivity index (χ1v) is 8.37. The number of amides is 1. The van der Waals surface area contributed by atoms with Crippen molar-refractivity contribution in [3.8, 4) is 0 Å². The van der Waals surface area contributed by atoms with Crippen LogP contribution in [0.4, 0.5) is 11.4 Å². The van der Waals surface area contributed by atoms with Crippen LogP contribution in [0.3, 0.4) is 0 Å². The number of benzene rings is 3. The molecular weight excluding hydrogens is 328 g/mol. The highest BCUT2D eigenvalue weighted by atomic mass is 16.3. The molecule has 0 fully saturated rings. The summed E-state index contributed by atoms with van der Waals surface area (Å²) in [6.45, 7) is 0.743. The van der Waals surface area contributed by atoms with Crippen molar-refractivity contribution in [2.45, 2.75) is 13.0 Å². The van der Waals surface area contributed by atoms with E-state index in [1.165, 1.54) is 15.8 Å². The molecule has 3 aromatic rings. The van der Waals surface area contributed by atoms with Gasteiger partial charge in [-0.3, -0.25) is 4.79 Å². The van der Waals surface area contributed by atoms with Gasteiger partial charge < -0.3 is 11.1 Å². The number of carbonyl (C=O) groups excluding carboxylic acids is 1. The fourth-order valence-electron chi connectivity index (χ4n) is 2.91. The van der Waals surface area contributed by atoms with Crippen LogP contribution >= 0.6 is 0 Å². The SMILES string of the molecule is NC(=O)CCN(N=O)c1ccccc1NCc1cccc2ccccc12. The van der Waals surface area contributed by atoms with Crippen molar-refractivity contribution < 1.29 is 4.79 Å². The van der Waals surface area contributed by atoms with Gasteiger partial charge in [-0.15, -0.1) is 4.91 Å². The zero-order valence-corrected chi connectivity index (χ0v) is 14.3. The van der Waals surface area contributed by atoms with Crippen LogP contribution in [0.5, 0.6) is 0 Å². The normalized spacial score (nSPS) is 10.5. The average molecular weight is 348 g/mol. The third kappa shape index (κ3) is 3.97. The van der Waals surface area contributed by atoms with Gasteiger partial charge in [0.25, 0.3) is 0 Å². The van der Waals surface area contributed by atoms with E-state index in [9.17, 15) is 9.70 Å². The molecule has 132 valence electrons. The van der Waals surface area contributed by atoms with E-state index < -0.39 is 5.91 Å². The second kappa shape index (κ2) is 8.11. The lowest BCUT2D eigenvalue weighted by Gasteiger charge is -2.19. The Hall–Kier alpha value is -3.41. The maximum atomic E-state index is 11.2. The van der Waals surface area contributed by atoms with E-state index in [0.717, 1.165) is 11.3 Å². The summed E-state index contributed by atoms with van der Waals surface area (Å²) in [5.41, 5.74) is 7.71. The average Bonchev–Trinajstić information content (AvgIpc) is 2.67. The smallest absolute Gasteiger partial charge is 0.219 e. The maximum Gasteiger partial charge on any atom is 0.219 e. The van der Waals surface area contributed by atoms with Crippen molar-refractivity contribution in [1.82, 2.24) is 0 Å². The Morgan fingerprint density at radius 1 is 1.00 bits per heavy atom. The van der Waals surface area contributed by atoms with E-state index in [1.807, 2.05) is 36.4 Å². The quantitative estimate of drug-likeness (QED) is 0.478. The molecule has 1 amide bonds. The number of primary amides is 1. The summed E-state index contributed by atoms with van der Waals surface area (Å²) in [6.07, 6.45) is 0.0589. The number of para-hydroxylation sites is 2. The van der Waals surface area contributed by atoms with Crippen molar-refractivity contribution in [3.63, 3.8) is 0 Å². The Labute approximate surface area is 151 Å². The second-order valence-electron chi connectivity index (χ2n) is 5.93. The number of fused-ring (bicyclic) bond motifs is 1. The van der Waals surface area contributed by atoms with Crippen molar-refractivity contribution in [2.24, 2.45) is 11.0 Å². The summed E-state index contributed by atoms with van der Waals surface area (Å²) in [5, 5.41) is 10.0. The van der Waals surface area contributed by atoms with Gasteiger partial charge in [-0.1, -0.05) is 54.6 Å². The fraction of sp³-hybridized carbons (Fsp3) is 0.150. The van der Waals surface area contributed by atoms with Gasteiger partial charge in [-0.25, -0.2) is 5.01 Å². The summed E-state index contributed by atoms with van der Waals surface area (Å²) in [6, 6.07) is 21.7. The van der Waals surface area contributed by atoms with Crippen LogP contribution in [0.2, 0.25) is 0 Å². The molecule has 0 bridgehead atoms. The van der Waals surface area contributed by atoms with Crippen molar-refractivity contribution >= 4 is 28.1 Å². The Balaban J connectivity index is 1.82. The van der Waals surface area contributed by atoms with E-state index in [4.69, 9.17) is 5.73 Å². The highest BCUT2D eigenvalue weighted by Crippen LogP contribution is 2.27. The molecule has 3 rings (SSSR count). The first-order valence-electron chi connectivity index (χ1n) is 8.37. The molecule has 0 heterocycles. The number of anilines is 2. The third-order valence-corrected chi connectivity index (χ3v) is 4.20. The Kier molecular flexibility index (Phi) is 5.43. The molecule has 0 saturated carbocycles. The summed E-state index contributed by atoms with van der Waals surface area (Å²) in [5.74, 6) is -0.472. The second-order valence-corrected chi connectivity index (χ2v) is 5.93. The number of nitroso groups, excluding NO2 is 1. The van der Waals surface area contributed by atoms with Gasteiger partial charge in [-0.05, 0) is 28.5 Å². The van der Waals surface area contributed by atoms with Gasteiger partial charge in [0.1, 0.15) is 0 Å². The predicted molar refractivity (Wildman–Crippen MR) is 105 cm³/mol. The van der Waals surface area contributed by atoms with E-state index in [-0.39, 0.29) is 13.0 Å². The number of hydrogen-bond acceptors (Lipinski definition) is 4. The third-order valence-electron chi connectivity index (χ3n) is 4.20. The van der Waals surface area contributed by atoms with Crippen molar-refractivity contribution in [3.05, 3.63) is 77.2 Å². The standard InChI is InChI=1S/C20H20N4O2/c21-20(25)12-13-24(23-26)19-11-4-3-10-18(19)22-14-16-8-5-7-15-6-1-2-9-17(15)16/h1-11,22H,12-14H2,(H2,21,25). The monoisotopic (exact) mass is 348 g/mol. The minimum atomic E-state index is -0.472. The maximum absolute atomic E-state index is 11.2. The summed E-state index contributed by atoms with van der Waals surface area (Å²) < 4.78 is 0. The Morgan fingerprint density at radius 3 is 2.54 bits per heavy atom. The van der Waals surface area contributed by atoms with Crippen LogP contribution in [0.15, 0.2) is 72.0 Å². The lowest BCUT2D eigenvalue weighted by molar-refractivity contribution is -0.117. The lowest BCUT2D eigenvalue weighted by Crippen LogP contribution is -2.23. The molecular formula is C20H20N4O2. The number of rotatable bonds is 8. The molecule has 0 aliphatic heterocycles. The van der Waals surface area contributed by atoms with E-state index in [2.05, 4.69) is 34.9 Å². The van der Waals surface area contributed by atoms with Gasteiger partial charge >= 0.3 is 0 Å². The van der Waals surface area contributed by atoms with Crippen molar-refractivity contribution in [2.75, 3.05) is 16.9 Å². The van der Waals surface area contributed by atoms with E-state index >= 15 is 0 Å². The molecule has 0 radical (unpaired) electrons. The fourth-order valence-corrected chi connectivity index (χ4v) is 2.91. The van der Waals surface area contributed by atoms with Crippen LogP contribution in [-0.2, 0) is 11.3 Å². The van der Waals surface area contributed by atoms with Gasteiger partial charge in [0, 0.05) is 13.0 Å². The molecule has 0 spiro atoms. The zero-order chi connectivity index (χ0) is 18.4. The largest absolute Gasteiger partial charge is 0.379 e. The Bertz CT molecular complexity index is 921. The first-order chi connectivity index (χ1) is 12.7. The van der Waals surface area contributed by atoms with Crippen LogP contribution in [0.1, 0.15) is 12.0 Å². The first kappa shape index (κ1) is 17.4. The van der Waals surface area contributed by atoms with Gasteiger partial charge in [0.15, 0.2) is 0 Å². The predicted octanol–water partition coefficient (Wildman–Crippen LogP) is 3.82. The minimum Gasteiger partial charge on any atom is -0.379 e. The summed E-state index contributed by atoms with van der Waals surface area (Å²) >= 11 is 0. The highest BCUT2D eigenvalue weighted by Gasteiger charge is 2.12. The van der Waals surface area contributed by atoms with Crippen molar-refractivity contribution in [1.29, 1.82) is 0 Å². The molecule has 0 atom stereocenters. The van der Waals surface area contributed by atoms with Crippen LogP contribution < -0.4 is 16.1 Å². The van der Waals surface area contributed by atoms with Gasteiger partial charge in [0.2, 0.25) is 5.91 Å². The number of nitrogens with two attached hydrogens (primary N) is 1. The van der Waals surface area contributed by atoms with Crippen LogP contribution in [0, 0.1) is 4.91 Å². The molecule has 0 unspecified atom stereocenters. The molecule has 0 aromatic heterocycles. The van der Waals surface area contributed by atoms with Gasteiger partial charge in [0.05, 0.1) is 23.2 Å². The number of nitrogens with zero attached hydrogens (tertiary/aromatic N) is 2. The van der Waals surface area contributed by atoms with E-state index in [0.29, 0.717) is 12.2 Å². The molecule has 0 saturated heterocycles. The molecule has 3 N–H and O–H groups in total. The molecule has 0 aliphatic carbocycles. The topological polar surface area (TPSA) is 87.8 Å².